The quantitative estimate of drug-likeness (QED) is 0.851. The molecule has 0 spiro atoms. The highest BCUT2D eigenvalue weighted by Crippen LogP contribution is 2.19. The van der Waals surface area contributed by atoms with Crippen molar-refractivity contribution < 1.29 is 4.74 Å². The summed E-state index contributed by atoms with van der Waals surface area (Å²) in [5.41, 5.74) is 1.18. The lowest BCUT2D eigenvalue weighted by Crippen LogP contribution is -2.28. The lowest BCUT2D eigenvalue weighted by molar-refractivity contribution is 0.00578. The molecule has 1 N–H and O–H groups in total. The molecule has 0 aliphatic carbocycles. The fourth-order valence-corrected chi connectivity index (χ4v) is 2.17. The van der Waals surface area contributed by atoms with Crippen LogP contribution in [0.25, 0.3) is 0 Å². The standard InChI is InChI=1S/C16H24N4O/c1-12(2)21-15(14-8-6-5-7-9-14)10-17-13(3)16-18-11-20(4)19-16/h5-9,11-13,15,17H,10H2,1-4H3/t13-,15+/m1/s1. The predicted octanol–water partition coefficient (Wildman–Crippen LogP) is 2.63. The molecular formula is C16H24N4O. The summed E-state index contributed by atoms with van der Waals surface area (Å²) in [6, 6.07) is 10.4. The molecule has 0 aliphatic rings. The van der Waals surface area contributed by atoms with Gasteiger partial charge in [-0.15, -0.1) is 0 Å². The zero-order valence-electron chi connectivity index (χ0n) is 13.2. The molecule has 2 aromatic rings. The number of aromatic nitrogens is 3. The van der Waals surface area contributed by atoms with Crippen LogP contribution in [0.15, 0.2) is 36.7 Å². The molecule has 0 saturated carbocycles. The molecule has 0 bridgehead atoms. The van der Waals surface area contributed by atoms with Gasteiger partial charge >= 0.3 is 0 Å². The number of rotatable bonds is 7. The fraction of sp³-hybridized carbons (Fsp3) is 0.500. The van der Waals surface area contributed by atoms with E-state index < -0.39 is 0 Å². The molecule has 21 heavy (non-hydrogen) atoms. The van der Waals surface area contributed by atoms with Crippen LogP contribution in [0.1, 0.15) is 44.3 Å². The first-order valence-corrected chi connectivity index (χ1v) is 7.35. The molecule has 0 fully saturated rings. The summed E-state index contributed by atoms with van der Waals surface area (Å²) in [6.07, 6.45) is 1.92. The summed E-state index contributed by atoms with van der Waals surface area (Å²) in [5, 5.41) is 7.78. The molecule has 1 heterocycles. The minimum absolute atomic E-state index is 0.0253. The van der Waals surface area contributed by atoms with Gasteiger partial charge in [-0.2, -0.15) is 5.10 Å². The second-order valence-corrected chi connectivity index (χ2v) is 5.49. The maximum atomic E-state index is 6.02. The normalized spacial score (nSPS) is 14.3. The van der Waals surface area contributed by atoms with Gasteiger partial charge in [-0.05, 0) is 26.3 Å². The molecule has 5 nitrogen and oxygen atoms in total. The minimum Gasteiger partial charge on any atom is -0.370 e. The van der Waals surface area contributed by atoms with Crippen LogP contribution in [0.5, 0.6) is 0 Å². The Balaban J connectivity index is 1.99. The number of hydrogen-bond acceptors (Lipinski definition) is 4. The Morgan fingerprint density at radius 2 is 1.90 bits per heavy atom. The van der Waals surface area contributed by atoms with Crippen molar-refractivity contribution in [3.63, 3.8) is 0 Å². The number of benzene rings is 1. The molecule has 0 amide bonds. The van der Waals surface area contributed by atoms with Gasteiger partial charge < -0.3 is 10.1 Å². The highest BCUT2D eigenvalue weighted by molar-refractivity contribution is 5.18. The van der Waals surface area contributed by atoms with E-state index in [-0.39, 0.29) is 18.2 Å². The van der Waals surface area contributed by atoms with Crippen molar-refractivity contribution in [3.05, 3.63) is 48.0 Å². The summed E-state index contributed by atoms with van der Waals surface area (Å²) in [6.45, 7) is 6.90. The number of nitrogens with one attached hydrogen (secondary N) is 1. The smallest absolute Gasteiger partial charge is 0.167 e. The zero-order chi connectivity index (χ0) is 15.2. The Hall–Kier alpha value is -1.72. The highest BCUT2D eigenvalue weighted by atomic mass is 16.5. The summed E-state index contributed by atoms with van der Waals surface area (Å²) in [5.74, 6) is 0.800. The topological polar surface area (TPSA) is 52.0 Å². The van der Waals surface area contributed by atoms with E-state index in [0.717, 1.165) is 12.4 Å². The minimum atomic E-state index is 0.0253. The molecule has 1 aromatic carbocycles. The number of ether oxygens (including phenoxy) is 1. The third kappa shape index (κ3) is 4.65. The third-order valence-corrected chi connectivity index (χ3v) is 3.22. The van der Waals surface area contributed by atoms with Crippen LogP contribution in [-0.2, 0) is 11.8 Å². The van der Waals surface area contributed by atoms with Gasteiger partial charge in [-0.25, -0.2) is 4.98 Å². The van der Waals surface area contributed by atoms with Crippen LogP contribution in [0.3, 0.4) is 0 Å². The Kier molecular flexibility index (Phi) is 5.47. The average Bonchev–Trinajstić information content (AvgIpc) is 2.90. The lowest BCUT2D eigenvalue weighted by atomic mass is 10.1. The van der Waals surface area contributed by atoms with E-state index in [1.54, 1.807) is 11.0 Å². The first kappa shape index (κ1) is 15.7. The van der Waals surface area contributed by atoms with Crippen LogP contribution >= 0.6 is 0 Å². The Labute approximate surface area is 126 Å². The summed E-state index contributed by atoms with van der Waals surface area (Å²) in [4.78, 5) is 4.28. The van der Waals surface area contributed by atoms with Crippen molar-refractivity contribution in [2.24, 2.45) is 7.05 Å². The first-order valence-electron chi connectivity index (χ1n) is 7.35. The lowest BCUT2D eigenvalue weighted by Gasteiger charge is -2.23. The van der Waals surface area contributed by atoms with Gasteiger partial charge in [0.05, 0.1) is 18.2 Å². The van der Waals surface area contributed by atoms with E-state index in [4.69, 9.17) is 4.74 Å². The molecule has 0 radical (unpaired) electrons. The number of aryl methyl sites for hydroxylation is 1. The van der Waals surface area contributed by atoms with Crippen LogP contribution < -0.4 is 5.32 Å². The SMILES string of the molecule is CC(C)O[C@@H](CN[C@H](C)c1ncn(C)n1)c1ccccc1. The van der Waals surface area contributed by atoms with Crippen molar-refractivity contribution in [1.82, 2.24) is 20.1 Å². The molecule has 0 aliphatic heterocycles. The second kappa shape index (κ2) is 7.33. The highest BCUT2D eigenvalue weighted by Gasteiger charge is 2.16. The van der Waals surface area contributed by atoms with Gasteiger partial charge in [0.1, 0.15) is 6.33 Å². The molecule has 5 heteroatoms. The van der Waals surface area contributed by atoms with Crippen molar-refractivity contribution >= 4 is 0 Å². The van der Waals surface area contributed by atoms with Crippen LogP contribution in [0.2, 0.25) is 0 Å². The monoisotopic (exact) mass is 288 g/mol. The summed E-state index contributed by atoms with van der Waals surface area (Å²) >= 11 is 0. The van der Waals surface area contributed by atoms with E-state index in [1.165, 1.54) is 5.56 Å². The van der Waals surface area contributed by atoms with Gasteiger partial charge in [-0.1, -0.05) is 30.3 Å². The van der Waals surface area contributed by atoms with E-state index in [0.29, 0.717) is 0 Å². The van der Waals surface area contributed by atoms with E-state index in [9.17, 15) is 0 Å². The molecule has 0 saturated heterocycles. The van der Waals surface area contributed by atoms with Gasteiger partial charge in [0.2, 0.25) is 0 Å². The van der Waals surface area contributed by atoms with Gasteiger partial charge in [0, 0.05) is 13.6 Å². The Morgan fingerprint density at radius 3 is 2.48 bits per heavy atom. The number of nitrogens with zero attached hydrogens (tertiary/aromatic N) is 3. The third-order valence-electron chi connectivity index (χ3n) is 3.22. The summed E-state index contributed by atoms with van der Waals surface area (Å²) < 4.78 is 7.73. The molecule has 114 valence electrons. The van der Waals surface area contributed by atoms with Crippen molar-refractivity contribution in [1.29, 1.82) is 0 Å². The van der Waals surface area contributed by atoms with Crippen molar-refractivity contribution in [2.45, 2.75) is 39.0 Å². The Bertz CT molecular complexity index is 538. The largest absolute Gasteiger partial charge is 0.370 e. The van der Waals surface area contributed by atoms with Gasteiger partial charge in [0.15, 0.2) is 5.82 Å². The molecular weight excluding hydrogens is 264 g/mol. The average molecular weight is 288 g/mol. The molecule has 1 aromatic heterocycles. The van der Waals surface area contributed by atoms with Crippen LogP contribution in [-0.4, -0.2) is 27.4 Å². The van der Waals surface area contributed by atoms with Crippen molar-refractivity contribution in [2.75, 3.05) is 6.54 Å². The molecule has 2 atom stereocenters. The maximum Gasteiger partial charge on any atom is 0.167 e. The molecule has 0 unspecified atom stereocenters. The maximum absolute atomic E-state index is 6.02. The number of hydrogen-bond donors (Lipinski definition) is 1. The predicted molar refractivity (Wildman–Crippen MR) is 82.8 cm³/mol. The fourth-order valence-electron chi connectivity index (χ4n) is 2.17. The first-order chi connectivity index (χ1) is 10.1. The van der Waals surface area contributed by atoms with E-state index >= 15 is 0 Å². The van der Waals surface area contributed by atoms with E-state index in [2.05, 4.69) is 48.3 Å². The van der Waals surface area contributed by atoms with Gasteiger partial charge in [-0.3, -0.25) is 4.68 Å². The van der Waals surface area contributed by atoms with E-state index in [1.807, 2.05) is 25.2 Å². The second-order valence-electron chi connectivity index (χ2n) is 5.49. The van der Waals surface area contributed by atoms with Gasteiger partial charge in [0.25, 0.3) is 0 Å². The van der Waals surface area contributed by atoms with Crippen LogP contribution in [0.4, 0.5) is 0 Å². The molecule has 2 rings (SSSR count). The zero-order valence-corrected chi connectivity index (χ0v) is 13.2. The van der Waals surface area contributed by atoms with Crippen LogP contribution in [0, 0.1) is 0 Å². The summed E-state index contributed by atoms with van der Waals surface area (Å²) in [7, 11) is 1.87. The Morgan fingerprint density at radius 1 is 1.19 bits per heavy atom. The van der Waals surface area contributed by atoms with Crippen molar-refractivity contribution in [3.8, 4) is 0 Å².